The Morgan fingerprint density at radius 1 is 0.909 bits per heavy atom. The predicted molar refractivity (Wildman–Crippen MR) is 103 cm³/mol. The van der Waals surface area contributed by atoms with Gasteiger partial charge >= 0.3 is 0 Å². The molecule has 0 N–H and O–H groups in total. The van der Waals surface area contributed by atoms with Crippen LogP contribution in [0.4, 0.5) is 0 Å². The molecule has 22 heavy (non-hydrogen) atoms. The second-order valence-corrected chi connectivity index (χ2v) is 4.41. The van der Waals surface area contributed by atoms with E-state index in [-0.39, 0.29) is 0 Å². The quantitative estimate of drug-likeness (QED) is 0.486. The third kappa shape index (κ3) is 5.37. The van der Waals surface area contributed by atoms with Gasteiger partial charge in [-0.25, -0.2) is 0 Å². The van der Waals surface area contributed by atoms with Gasteiger partial charge in [0, 0.05) is 0 Å². The van der Waals surface area contributed by atoms with Crippen molar-refractivity contribution in [2.45, 2.75) is 41.0 Å². The van der Waals surface area contributed by atoms with E-state index in [4.69, 9.17) is 0 Å². The van der Waals surface area contributed by atoms with Gasteiger partial charge in [-0.1, -0.05) is 95.5 Å². The van der Waals surface area contributed by atoms with Gasteiger partial charge in [-0.2, -0.15) is 0 Å². The standard InChI is InChI=1S/C18H18.2C2H6/c1-4-16-10-8-9-12-17-11-6-5-7-13-18(17)15(3)14(16)2;2*1-2/h4-12H,1,3,13H2,2H3;2*1-2H3/b10-8-,12-9+,16-14+;;. The van der Waals surface area contributed by atoms with Gasteiger partial charge in [0.2, 0.25) is 0 Å². The molecule has 2 rings (SSSR count). The smallest absolute Gasteiger partial charge is 0.00825 e. The first-order valence-electron chi connectivity index (χ1n) is 8.18. The molecule has 2 aliphatic rings. The van der Waals surface area contributed by atoms with Gasteiger partial charge < -0.3 is 0 Å². The Labute approximate surface area is 137 Å². The lowest BCUT2D eigenvalue weighted by Crippen LogP contribution is -1.95. The molecule has 0 aromatic heterocycles. The largest absolute Gasteiger partial charge is 0.0985 e. The molecule has 0 spiro atoms. The number of hydrogen-bond donors (Lipinski definition) is 0. The van der Waals surface area contributed by atoms with Crippen LogP contribution in [0.5, 0.6) is 0 Å². The summed E-state index contributed by atoms with van der Waals surface area (Å²) >= 11 is 0. The normalized spacial score (nSPS) is 22.5. The van der Waals surface area contributed by atoms with Crippen molar-refractivity contribution >= 4 is 0 Å². The molecular weight excluding hydrogens is 264 g/mol. The van der Waals surface area contributed by atoms with Crippen molar-refractivity contribution in [1.29, 1.82) is 0 Å². The molecule has 0 unspecified atom stereocenters. The van der Waals surface area contributed by atoms with E-state index in [9.17, 15) is 0 Å². The molecule has 0 aliphatic heterocycles. The molecule has 0 amide bonds. The molecule has 2 aliphatic carbocycles. The second-order valence-electron chi connectivity index (χ2n) is 4.41. The van der Waals surface area contributed by atoms with Gasteiger partial charge in [-0.3, -0.25) is 0 Å². The topological polar surface area (TPSA) is 0 Å². The molecule has 0 fully saturated rings. The lowest BCUT2D eigenvalue weighted by atomic mass is 9.91. The van der Waals surface area contributed by atoms with Crippen LogP contribution in [0.15, 0.2) is 95.7 Å². The van der Waals surface area contributed by atoms with Gasteiger partial charge in [-0.05, 0) is 41.2 Å². The Bertz CT molecular complexity index is 555. The highest BCUT2D eigenvalue weighted by atomic mass is 14.2. The highest BCUT2D eigenvalue weighted by Gasteiger charge is 2.11. The van der Waals surface area contributed by atoms with Crippen molar-refractivity contribution in [2.75, 3.05) is 0 Å². The summed E-state index contributed by atoms with van der Waals surface area (Å²) in [6, 6.07) is 0. The highest BCUT2D eigenvalue weighted by molar-refractivity contribution is 5.58. The van der Waals surface area contributed by atoms with Crippen LogP contribution in [0.1, 0.15) is 41.0 Å². The van der Waals surface area contributed by atoms with Crippen LogP contribution in [0.3, 0.4) is 0 Å². The van der Waals surface area contributed by atoms with Gasteiger partial charge in [0.05, 0.1) is 0 Å². The summed E-state index contributed by atoms with van der Waals surface area (Å²) in [5.41, 5.74) is 5.96. The van der Waals surface area contributed by atoms with Crippen molar-refractivity contribution in [1.82, 2.24) is 0 Å². The maximum absolute atomic E-state index is 4.26. The summed E-state index contributed by atoms with van der Waals surface area (Å²) in [4.78, 5) is 0. The third-order valence-electron chi connectivity index (χ3n) is 3.33. The highest BCUT2D eigenvalue weighted by Crippen LogP contribution is 2.30. The third-order valence-corrected chi connectivity index (χ3v) is 3.33. The van der Waals surface area contributed by atoms with E-state index in [0.717, 1.165) is 17.6 Å². The van der Waals surface area contributed by atoms with Crippen molar-refractivity contribution < 1.29 is 0 Å². The number of allylic oxidation sites excluding steroid dienone is 14. The summed E-state index contributed by atoms with van der Waals surface area (Å²) in [6.45, 7) is 18.2. The first-order valence-corrected chi connectivity index (χ1v) is 8.18. The van der Waals surface area contributed by atoms with Gasteiger partial charge in [-0.15, -0.1) is 0 Å². The zero-order valence-corrected chi connectivity index (χ0v) is 14.8. The van der Waals surface area contributed by atoms with Crippen LogP contribution < -0.4 is 0 Å². The summed E-state index contributed by atoms with van der Waals surface area (Å²) in [6.07, 6.45) is 19.6. The summed E-state index contributed by atoms with van der Waals surface area (Å²) in [7, 11) is 0. The molecule has 0 radical (unpaired) electrons. The van der Waals surface area contributed by atoms with Crippen LogP contribution >= 0.6 is 0 Å². The minimum atomic E-state index is 0.924. The van der Waals surface area contributed by atoms with E-state index in [1.54, 1.807) is 0 Å². The lowest BCUT2D eigenvalue weighted by molar-refractivity contribution is 1.19. The van der Waals surface area contributed by atoms with E-state index >= 15 is 0 Å². The summed E-state index contributed by atoms with van der Waals surface area (Å²) < 4.78 is 0. The van der Waals surface area contributed by atoms with Crippen LogP contribution in [0.2, 0.25) is 0 Å². The molecule has 0 aromatic carbocycles. The fraction of sp³-hybridized carbons (Fsp3) is 0.273. The van der Waals surface area contributed by atoms with E-state index < -0.39 is 0 Å². The molecule has 118 valence electrons. The first-order chi connectivity index (χ1) is 10.7. The molecule has 0 atom stereocenters. The zero-order chi connectivity index (χ0) is 17.0. The fourth-order valence-corrected chi connectivity index (χ4v) is 2.16. The molecule has 0 saturated heterocycles. The monoisotopic (exact) mass is 294 g/mol. The summed E-state index contributed by atoms with van der Waals surface area (Å²) in [5.74, 6) is 0. The van der Waals surface area contributed by atoms with Crippen molar-refractivity contribution in [3.8, 4) is 0 Å². The van der Waals surface area contributed by atoms with E-state index in [0.29, 0.717) is 0 Å². The van der Waals surface area contributed by atoms with Gasteiger partial charge in [0.1, 0.15) is 0 Å². The Hall–Kier alpha value is -2.08. The number of rotatable bonds is 1. The molecular formula is C22H30. The maximum Gasteiger partial charge on any atom is -0.00825 e. The molecule has 0 aromatic rings. The van der Waals surface area contributed by atoms with E-state index in [1.807, 2.05) is 33.8 Å². The summed E-state index contributed by atoms with van der Waals surface area (Å²) in [5, 5.41) is 0. The molecule has 0 bridgehead atoms. The van der Waals surface area contributed by atoms with Crippen LogP contribution in [0.25, 0.3) is 0 Å². The average molecular weight is 294 g/mol. The minimum absolute atomic E-state index is 0.924. The first kappa shape index (κ1) is 19.9. The SMILES string of the molecule is C=CC1=C(/C)C(=C)C2=C(C=CC=CC2)/C=C/C=C\1.CC.CC. The fourth-order valence-electron chi connectivity index (χ4n) is 2.16. The lowest BCUT2D eigenvalue weighted by Gasteiger charge is -2.13. The Morgan fingerprint density at radius 2 is 1.45 bits per heavy atom. The van der Waals surface area contributed by atoms with Crippen molar-refractivity contribution in [3.05, 3.63) is 95.7 Å². The second kappa shape index (κ2) is 11.6. The molecule has 0 saturated carbocycles. The molecule has 0 nitrogen and oxygen atoms in total. The van der Waals surface area contributed by atoms with Gasteiger partial charge in [0.15, 0.2) is 0 Å². The van der Waals surface area contributed by atoms with Crippen LogP contribution in [-0.4, -0.2) is 0 Å². The zero-order valence-electron chi connectivity index (χ0n) is 14.8. The minimum Gasteiger partial charge on any atom is -0.0985 e. The van der Waals surface area contributed by atoms with Crippen LogP contribution in [0, 0.1) is 0 Å². The molecule has 0 heteroatoms. The Kier molecular flexibility index (Phi) is 10.5. The van der Waals surface area contributed by atoms with Crippen molar-refractivity contribution in [3.63, 3.8) is 0 Å². The van der Waals surface area contributed by atoms with Gasteiger partial charge in [0.25, 0.3) is 0 Å². The van der Waals surface area contributed by atoms with Crippen LogP contribution in [-0.2, 0) is 0 Å². The van der Waals surface area contributed by atoms with Crippen molar-refractivity contribution in [2.24, 2.45) is 0 Å². The average Bonchev–Trinajstić information content (AvgIpc) is 2.80. The molecule has 0 heterocycles. The van der Waals surface area contributed by atoms with E-state index in [2.05, 4.69) is 68.7 Å². The Morgan fingerprint density at radius 3 is 2.05 bits per heavy atom. The van der Waals surface area contributed by atoms with E-state index in [1.165, 1.54) is 16.7 Å². The Balaban J connectivity index is 0.00000102. The maximum atomic E-state index is 4.26. The predicted octanol–water partition coefficient (Wildman–Crippen LogP) is 7.04. The number of hydrogen-bond acceptors (Lipinski definition) is 0.